The normalized spacial score (nSPS) is 15.8. The molecule has 0 aliphatic carbocycles. The van der Waals surface area contributed by atoms with Crippen LogP contribution in [0.1, 0.15) is 57.9 Å². The number of unbranched alkanes of at least 4 members (excludes halogenated alkanes) is 2. The molecule has 2 amide bonds. The van der Waals surface area contributed by atoms with E-state index in [1.54, 1.807) is 6.07 Å². The second-order valence-corrected chi connectivity index (χ2v) is 18.3. The molecular weight excluding hydrogens is 843 g/mol. The van der Waals surface area contributed by atoms with E-state index in [9.17, 15) is 40.3 Å². The fourth-order valence-corrected chi connectivity index (χ4v) is 9.73. The largest absolute Gasteiger partial charge is 1.00 e. The second kappa shape index (κ2) is 18.6. The number of fused-ring (bicyclic) bond motifs is 3. The van der Waals surface area contributed by atoms with Crippen LogP contribution < -0.4 is 69.4 Å². The van der Waals surface area contributed by atoms with Crippen molar-refractivity contribution in [3.8, 4) is 0 Å². The van der Waals surface area contributed by atoms with Crippen LogP contribution in [-0.4, -0.2) is 84.3 Å². The number of anilines is 1. The van der Waals surface area contributed by atoms with Crippen molar-refractivity contribution in [1.82, 2.24) is 9.63 Å². The minimum Gasteiger partial charge on any atom is -0.377 e. The van der Waals surface area contributed by atoms with Gasteiger partial charge in [0.05, 0.1) is 10.3 Å². The molecule has 308 valence electrons. The van der Waals surface area contributed by atoms with Crippen molar-refractivity contribution in [1.29, 1.82) is 0 Å². The standard InChI is InChI=1S/C43H44N4O10S2.2Na/c1-43(2)37(16-9-6-8-15-33-30-14-12-13-29-32(44(3)4)20-21-34(41(29)30)45(33)5)46(24-11-7-10-17-40(50)57-47-38(48)22-23-39(47)49)35-19-18-28-31(42(35)43)25-27(58(51,52)53)26-36(28)59(54,55)56;;/h6,8-9,12-16,18-21,25-26H,7,10-11,17,22-24H2,1-5H3,(H-,51,52,53,54,55,56);;/q;2*+1/p+1. The molecule has 0 radical (unpaired) electrons. The van der Waals surface area contributed by atoms with E-state index < -0.39 is 53.2 Å². The molecule has 5 aromatic rings. The number of amides is 2. The fourth-order valence-electron chi connectivity index (χ4n) is 8.39. The van der Waals surface area contributed by atoms with Crippen LogP contribution >= 0.6 is 0 Å². The van der Waals surface area contributed by atoms with E-state index in [2.05, 4.69) is 44.4 Å². The SMILES string of the molecule is CN(C)c1ccc2c3c1cccc3/c(=C/C=C/C=C/C1=[N+](CCCCCC(=O)ON3C(=O)CCC3=O)c3ccc4c(S(=O)(=O)O)cc(S(=O)(=O)O)cc4c3C1(C)C)n2C.[Na+].[Na+]. The summed E-state index contributed by atoms with van der Waals surface area (Å²) in [6.07, 6.45) is 11.3. The van der Waals surface area contributed by atoms with Gasteiger partial charge in [0.2, 0.25) is 5.69 Å². The number of nitrogens with zero attached hydrogens (tertiary/aromatic N) is 4. The number of allylic oxidation sites excluding steroid dienone is 4. The topological polar surface area (TPSA) is 184 Å². The maximum Gasteiger partial charge on any atom is 1.00 e. The molecule has 0 unspecified atom stereocenters. The van der Waals surface area contributed by atoms with Gasteiger partial charge in [-0.25, -0.2) is 4.79 Å². The van der Waals surface area contributed by atoms with Crippen molar-refractivity contribution in [2.45, 2.75) is 67.6 Å². The smallest absolute Gasteiger partial charge is 0.377 e. The number of benzene rings is 4. The third-order valence-electron chi connectivity index (χ3n) is 11.1. The molecule has 1 aromatic heterocycles. The van der Waals surface area contributed by atoms with Gasteiger partial charge in [0, 0.05) is 103 Å². The van der Waals surface area contributed by atoms with Gasteiger partial charge in [-0.1, -0.05) is 36.4 Å². The summed E-state index contributed by atoms with van der Waals surface area (Å²) in [4.78, 5) is 41.9. The minimum absolute atomic E-state index is 0. The van der Waals surface area contributed by atoms with E-state index in [0.29, 0.717) is 42.1 Å². The summed E-state index contributed by atoms with van der Waals surface area (Å²) in [6, 6.07) is 15.7. The predicted molar refractivity (Wildman–Crippen MR) is 225 cm³/mol. The predicted octanol–water partition coefficient (Wildman–Crippen LogP) is -0.0921. The van der Waals surface area contributed by atoms with Crippen LogP contribution in [0.4, 0.5) is 11.4 Å². The Balaban J connectivity index is 0.00000352. The van der Waals surface area contributed by atoms with Gasteiger partial charge in [0.15, 0.2) is 5.71 Å². The van der Waals surface area contributed by atoms with Crippen LogP contribution in [0.3, 0.4) is 0 Å². The van der Waals surface area contributed by atoms with E-state index in [1.807, 2.05) is 65.4 Å². The quantitative estimate of drug-likeness (QED) is 0.0403. The summed E-state index contributed by atoms with van der Waals surface area (Å²) in [6.45, 7) is 4.29. The number of hydrogen-bond acceptors (Lipinski definition) is 9. The van der Waals surface area contributed by atoms with Crippen LogP contribution in [-0.2, 0) is 51.9 Å². The number of imide groups is 1. The average molecular weight is 888 g/mol. The molecule has 1 fully saturated rings. The number of carbonyl (C=O) groups is 3. The number of rotatable bonds is 13. The number of hydrogen-bond donors (Lipinski definition) is 2. The van der Waals surface area contributed by atoms with Gasteiger partial charge in [-0.15, -0.1) is 5.06 Å². The summed E-state index contributed by atoms with van der Waals surface area (Å²) in [5.41, 5.74) is 3.46. The molecule has 0 spiro atoms. The molecule has 0 atom stereocenters. The maximum atomic E-state index is 12.5. The molecule has 2 N–H and O–H groups in total. The maximum absolute atomic E-state index is 12.5. The Labute approximate surface area is 398 Å². The van der Waals surface area contributed by atoms with Crippen LogP contribution in [0, 0.1) is 0 Å². The molecule has 61 heavy (non-hydrogen) atoms. The molecule has 3 heterocycles. The average Bonchev–Trinajstić information content (AvgIpc) is 3.71. The molecule has 0 saturated carbocycles. The Kier molecular flexibility index (Phi) is 14.7. The van der Waals surface area contributed by atoms with Gasteiger partial charge in [0.1, 0.15) is 11.4 Å². The summed E-state index contributed by atoms with van der Waals surface area (Å²) in [5.74, 6) is -1.78. The molecule has 1 saturated heterocycles. The van der Waals surface area contributed by atoms with Crippen LogP contribution in [0.15, 0.2) is 88.7 Å². The van der Waals surface area contributed by atoms with Crippen LogP contribution in [0.5, 0.6) is 0 Å². The van der Waals surface area contributed by atoms with Gasteiger partial charge in [-0.3, -0.25) is 18.7 Å². The number of aromatic nitrogens is 1. The Morgan fingerprint density at radius 2 is 1.54 bits per heavy atom. The van der Waals surface area contributed by atoms with Gasteiger partial charge in [-0.2, -0.15) is 21.4 Å². The first-order valence-electron chi connectivity index (χ1n) is 19.1. The Hall–Kier alpha value is -3.68. The Morgan fingerprint density at radius 3 is 2.20 bits per heavy atom. The van der Waals surface area contributed by atoms with Gasteiger partial charge in [-0.05, 0) is 68.5 Å². The Morgan fingerprint density at radius 1 is 0.852 bits per heavy atom. The van der Waals surface area contributed by atoms with E-state index >= 15 is 0 Å². The van der Waals surface area contributed by atoms with Crippen molar-refractivity contribution in [2.24, 2.45) is 7.05 Å². The summed E-state index contributed by atoms with van der Waals surface area (Å²) < 4.78 is 74.2. The zero-order chi connectivity index (χ0) is 42.6. The Bertz CT molecular complexity index is 2970. The molecule has 14 nitrogen and oxygen atoms in total. The van der Waals surface area contributed by atoms with E-state index in [-0.39, 0.29) is 89.1 Å². The first-order chi connectivity index (χ1) is 27.8. The van der Waals surface area contributed by atoms with Crippen molar-refractivity contribution in [3.63, 3.8) is 0 Å². The molecule has 0 bridgehead atoms. The molecule has 4 aromatic carbocycles. The molecule has 18 heteroatoms. The van der Waals surface area contributed by atoms with Crippen molar-refractivity contribution in [3.05, 3.63) is 89.8 Å². The van der Waals surface area contributed by atoms with Gasteiger partial charge in [0.25, 0.3) is 32.1 Å². The molecule has 7 rings (SSSR count). The number of aryl methyl sites for hydroxylation is 1. The summed E-state index contributed by atoms with van der Waals surface area (Å²) in [5, 5.41) is 5.35. The molecule has 2 aliphatic rings. The third kappa shape index (κ3) is 9.35. The zero-order valence-electron chi connectivity index (χ0n) is 35.3. The van der Waals surface area contributed by atoms with Gasteiger partial charge < -0.3 is 14.3 Å². The van der Waals surface area contributed by atoms with Crippen LogP contribution in [0.2, 0.25) is 0 Å². The second-order valence-electron chi connectivity index (χ2n) is 15.5. The van der Waals surface area contributed by atoms with Gasteiger partial charge >= 0.3 is 65.1 Å². The monoisotopic (exact) mass is 887 g/mol. The fraction of sp³-hybridized carbons (Fsp3) is 0.302. The minimum atomic E-state index is -4.91. The third-order valence-corrected chi connectivity index (χ3v) is 12.9. The van der Waals surface area contributed by atoms with E-state index in [1.165, 1.54) is 22.9 Å². The van der Waals surface area contributed by atoms with Crippen LogP contribution in [0.25, 0.3) is 38.5 Å². The first-order valence-corrected chi connectivity index (χ1v) is 22.0. The number of carbonyl (C=O) groups excluding carboxylic acids is 3. The first kappa shape index (κ1) is 48.4. The van der Waals surface area contributed by atoms with E-state index in [4.69, 9.17) is 4.84 Å². The van der Waals surface area contributed by atoms with Crippen molar-refractivity contribution < 1.29 is 109 Å². The van der Waals surface area contributed by atoms with Crippen molar-refractivity contribution >= 4 is 93.6 Å². The summed E-state index contributed by atoms with van der Waals surface area (Å²) >= 11 is 0. The van der Waals surface area contributed by atoms with Crippen molar-refractivity contribution in [2.75, 3.05) is 25.5 Å². The molecular formula is C43H45N4Na2O10S2+3. The number of hydroxylamine groups is 2. The summed E-state index contributed by atoms with van der Waals surface area (Å²) in [7, 11) is -3.70. The molecule has 2 aliphatic heterocycles. The zero-order valence-corrected chi connectivity index (χ0v) is 40.9. The van der Waals surface area contributed by atoms with E-state index in [0.717, 1.165) is 33.7 Å².